The molecule has 1 heterocycles. The smallest absolute Gasteiger partial charge is 0.235 e. The molecule has 0 saturated carbocycles. The van der Waals surface area contributed by atoms with Gasteiger partial charge >= 0.3 is 0 Å². The fourth-order valence-electron chi connectivity index (χ4n) is 2.30. The first kappa shape index (κ1) is 19.7. The Kier molecular flexibility index (Phi) is 7.25. The van der Waals surface area contributed by atoms with Gasteiger partial charge in [-0.3, -0.25) is 24.1 Å². The van der Waals surface area contributed by atoms with Crippen LogP contribution in [0.25, 0.3) is 0 Å². The van der Waals surface area contributed by atoms with Gasteiger partial charge in [0.1, 0.15) is 5.78 Å². The monoisotopic (exact) mass is 342 g/mol. The maximum absolute atomic E-state index is 12.4. The van der Waals surface area contributed by atoms with Gasteiger partial charge in [-0.25, -0.2) is 0 Å². The third kappa shape index (κ3) is 5.06. The molecule has 0 radical (unpaired) electrons. The van der Waals surface area contributed by atoms with E-state index in [0.717, 1.165) is 0 Å². The summed E-state index contributed by atoms with van der Waals surface area (Å²) < 4.78 is 0. The average Bonchev–Trinajstić information content (AvgIpc) is 2.71. The third-order valence-corrected chi connectivity index (χ3v) is 5.37. The number of nitrogens with one attached hydrogen (secondary N) is 1. The molecular weight excluding hydrogens is 316 g/mol. The highest BCUT2D eigenvalue weighted by Crippen LogP contribution is 2.38. The zero-order chi connectivity index (χ0) is 17.6. The van der Waals surface area contributed by atoms with Gasteiger partial charge in [0.25, 0.3) is 0 Å². The van der Waals surface area contributed by atoms with Gasteiger partial charge < -0.3 is 5.32 Å². The number of imide groups is 1. The second kappa shape index (κ2) is 8.47. The number of rotatable bonds is 9. The molecule has 0 aromatic carbocycles. The van der Waals surface area contributed by atoms with Gasteiger partial charge in [-0.1, -0.05) is 20.8 Å². The summed E-state index contributed by atoms with van der Waals surface area (Å²) in [6.45, 7) is 7.92. The lowest BCUT2D eigenvalue weighted by atomic mass is 9.78. The number of hydrogen-bond donors (Lipinski definition) is 1. The Morgan fingerprint density at radius 3 is 2.48 bits per heavy atom. The Morgan fingerprint density at radius 2 is 1.96 bits per heavy atom. The summed E-state index contributed by atoms with van der Waals surface area (Å²) in [7, 11) is 0. The summed E-state index contributed by atoms with van der Waals surface area (Å²) in [6, 6.07) is 0. The molecule has 0 spiro atoms. The van der Waals surface area contributed by atoms with Gasteiger partial charge in [-0.15, -0.1) is 11.8 Å². The maximum atomic E-state index is 12.4. The van der Waals surface area contributed by atoms with Crippen LogP contribution in [0.4, 0.5) is 0 Å². The molecule has 130 valence electrons. The Hall–Kier alpha value is -1.37. The van der Waals surface area contributed by atoms with Crippen LogP contribution in [0.3, 0.4) is 0 Å². The van der Waals surface area contributed by atoms with Crippen molar-refractivity contribution in [3.63, 3.8) is 0 Å². The third-order valence-electron chi connectivity index (χ3n) is 4.38. The van der Waals surface area contributed by atoms with Crippen LogP contribution < -0.4 is 5.32 Å². The molecule has 1 fully saturated rings. The summed E-state index contributed by atoms with van der Waals surface area (Å²) in [4.78, 5) is 48.4. The molecule has 23 heavy (non-hydrogen) atoms. The first-order valence-electron chi connectivity index (χ1n) is 7.93. The predicted octanol–water partition coefficient (Wildman–Crippen LogP) is 1.24. The molecule has 0 aromatic heterocycles. The summed E-state index contributed by atoms with van der Waals surface area (Å²) in [6.07, 6.45) is 0.703. The van der Waals surface area contributed by atoms with Crippen molar-refractivity contribution >= 4 is 35.3 Å². The SMILES string of the molecule is CCC(=O)CSCC(=O)NCCN1C(=O)CC(C)(C(C)C)C1=O. The zero-order valence-corrected chi connectivity index (χ0v) is 15.1. The van der Waals surface area contributed by atoms with Crippen LogP contribution in [0.15, 0.2) is 0 Å². The highest BCUT2D eigenvalue weighted by molar-refractivity contribution is 8.00. The molecule has 0 aliphatic carbocycles. The van der Waals surface area contributed by atoms with E-state index in [9.17, 15) is 19.2 Å². The highest BCUT2D eigenvalue weighted by Gasteiger charge is 2.49. The Balaban J connectivity index is 2.36. The van der Waals surface area contributed by atoms with Crippen molar-refractivity contribution in [1.29, 1.82) is 0 Å². The molecule has 1 N–H and O–H groups in total. The normalized spacial score (nSPS) is 21.2. The first-order valence-corrected chi connectivity index (χ1v) is 9.08. The van der Waals surface area contributed by atoms with E-state index < -0.39 is 5.41 Å². The van der Waals surface area contributed by atoms with Crippen molar-refractivity contribution in [3.05, 3.63) is 0 Å². The lowest BCUT2D eigenvalue weighted by Gasteiger charge is -2.26. The molecule has 0 bridgehead atoms. The van der Waals surface area contributed by atoms with E-state index in [1.165, 1.54) is 16.7 Å². The summed E-state index contributed by atoms with van der Waals surface area (Å²) in [5.74, 6) is 0.217. The van der Waals surface area contributed by atoms with Crippen LogP contribution in [0.1, 0.15) is 40.5 Å². The number of likely N-dealkylation sites (tertiary alicyclic amines) is 1. The van der Waals surface area contributed by atoms with Gasteiger partial charge in [0.2, 0.25) is 17.7 Å². The predicted molar refractivity (Wildman–Crippen MR) is 89.9 cm³/mol. The number of carbonyl (C=O) groups excluding carboxylic acids is 4. The molecule has 6 nitrogen and oxygen atoms in total. The lowest BCUT2D eigenvalue weighted by Crippen LogP contribution is -2.41. The van der Waals surface area contributed by atoms with Crippen molar-refractivity contribution in [1.82, 2.24) is 10.2 Å². The van der Waals surface area contributed by atoms with Crippen LogP contribution in [-0.4, -0.2) is 53.0 Å². The van der Waals surface area contributed by atoms with Gasteiger partial charge in [0.05, 0.1) is 16.9 Å². The Morgan fingerprint density at radius 1 is 1.30 bits per heavy atom. The lowest BCUT2D eigenvalue weighted by molar-refractivity contribution is -0.142. The van der Waals surface area contributed by atoms with E-state index in [1.54, 1.807) is 6.92 Å². The van der Waals surface area contributed by atoms with Crippen LogP contribution in [0.5, 0.6) is 0 Å². The molecule has 1 rings (SSSR count). The second-order valence-electron chi connectivity index (χ2n) is 6.33. The van der Waals surface area contributed by atoms with Crippen molar-refractivity contribution in [3.8, 4) is 0 Å². The molecule has 1 unspecified atom stereocenters. The van der Waals surface area contributed by atoms with Gasteiger partial charge in [-0.2, -0.15) is 0 Å². The second-order valence-corrected chi connectivity index (χ2v) is 7.32. The molecule has 1 aliphatic heterocycles. The van der Waals surface area contributed by atoms with Gasteiger partial charge in [0.15, 0.2) is 0 Å². The Bertz CT molecular complexity index is 492. The van der Waals surface area contributed by atoms with Crippen molar-refractivity contribution < 1.29 is 19.2 Å². The topological polar surface area (TPSA) is 83.6 Å². The summed E-state index contributed by atoms with van der Waals surface area (Å²) in [5.41, 5.74) is -0.641. The zero-order valence-electron chi connectivity index (χ0n) is 14.3. The number of ketones is 1. The minimum absolute atomic E-state index is 0.0889. The Labute approximate surface area is 141 Å². The van der Waals surface area contributed by atoms with E-state index >= 15 is 0 Å². The number of amides is 3. The molecule has 3 amide bonds. The molecule has 1 saturated heterocycles. The molecule has 7 heteroatoms. The minimum atomic E-state index is -0.641. The van der Waals surface area contributed by atoms with E-state index in [1.807, 2.05) is 20.8 Å². The van der Waals surface area contributed by atoms with E-state index in [4.69, 9.17) is 0 Å². The molecular formula is C16H26N2O4S. The number of carbonyl (C=O) groups is 4. The fraction of sp³-hybridized carbons (Fsp3) is 0.750. The number of thioether (sulfide) groups is 1. The minimum Gasteiger partial charge on any atom is -0.354 e. The van der Waals surface area contributed by atoms with E-state index in [0.29, 0.717) is 12.2 Å². The van der Waals surface area contributed by atoms with E-state index in [2.05, 4.69) is 5.32 Å². The summed E-state index contributed by atoms with van der Waals surface area (Å²) in [5, 5.41) is 2.68. The fourth-order valence-corrected chi connectivity index (χ4v) is 3.12. The molecule has 1 aliphatic rings. The van der Waals surface area contributed by atoms with Gasteiger partial charge in [-0.05, 0) is 12.8 Å². The largest absolute Gasteiger partial charge is 0.354 e. The molecule has 1 atom stereocenters. The number of hydrogen-bond acceptors (Lipinski definition) is 5. The standard InChI is InChI=1S/C16H26N2O4S/c1-5-12(19)9-23-10-13(20)17-6-7-18-14(21)8-16(4,11(2)3)15(18)22/h11H,5-10H2,1-4H3,(H,17,20). The quantitative estimate of drug-likeness (QED) is 0.637. The van der Waals surface area contributed by atoms with Crippen LogP contribution in [0.2, 0.25) is 0 Å². The summed E-state index contributed by atoms with van der Waals surface area (Å²) >= 11 is 1.27. The highest BCUT2D eigenvalue weighted by atomic mass is 32.2. The van der Waals surface area contributed by atoms with Crippen molar-refractivity contribution in [2.45, 2.75) is 40.5 Å². The van der Waals surface area contributed by atoms with Crippen LogP contribution in [0, 0.1) is 11.3 Å². The number of Topliss-reactive ketones (excluding diaryl/α,β-unsaturated/α-hetero) is 1. The average molecular weight is 342 g/mol. The van der Waals surface area contributed by atoms with E-state index in [-0.39, 0.29) is 54.7 Å². The van der Waals surface area contributed by atoms with Crippen LogP contribution >= 0.6 is 11.8 Å². The van der Waals surface area contributed by atoms with Crippen molar-refractivity contribution in [2.24, 2.45) is 11.3 Å². The molecule has 0 aromatic rings. The van der Waals surface area contributed by atoms with Crippen molar-refractivity contribution in [2.75, 3.05) is 24.6 Å². The first-order chi connectivity index (χ1) is 10.7. The van der Waals surface area contributed by atoms with Gasteiger partial charge in [0, 0.05) is 25.9 Å². The maximum Gasteiger partial charge on any atom is 0.235 e. The van der Waals surface area contributed by atoms with Crippen LogP contribution in [-0.2, 0) is 19.2 Å². The number of nitrogens with zero attached hydrogens (tertiary/aromatic N) is 1.